The van der Waals surface area contributed by atoms with Gasteiger partial charge in [0.15, 0.2) is 11.4 Å². The molecule has 5 rings (SSSR count). The van der Waals surface area contributed by atoms with E-state index in [1.807, 2.05) is 0 Å². The molecule has 1 atom stereocenters. The topological polar surface area (TPSA) is 141 Å². The van der Waals surface area contributed by atoms with Crippen molar-refractivity contribution in [1.29, 1.82) is 0 Å². The molecule has 238 valence electrons. The summed E-state index contributed by atoms with van der Waals surface area (Å²) in [6.07, 6.45) is -1.05. The first kappa shape index (κ1) is 31.6. The minimum atomic E-state index is -5.41. The summed E-state index contributed by atoms with van der Waals surface area (Å²) in [5, 5.41) is 13.3. The standard InChI is InChI=1S/C30H28F5N5O5/c1-44-22-10-19(13-40-14-21(16-2-3-16)38-27(22)40)28(42)37-15-29(43,30(33,34)35)23-11-18(12-24(36)41)26(45-9-8-31)25(39-23)17-4-6-20(32)7-5-17/h4-7,10-11,13-14,16,43H,2-3,8-9,12,15H2,1H3,(H2,36,41)(H,37,42)/t29-/m0/s1. The number of hydrogen-bond donors (Lipinski definition) is 3. The molecule has 4 aromatic rings. The van der Waals surface area contributed by atoms with Crippen molar-refractivity contribution in [3.8, 4) is 22.8 Å². The molecule has 10 nitrogen and oxygen atoms in total. The number of carbonyl (C=O) groups excluding carboxylic acids is 2. The summed E-state index contributed by atoms with van der Waals surface area (Å²) in [7, 11) is 1.36. The SMILES string of the molecule is COc1cc(C(=O)NC[C@](O)(c2cc(CC(N)=O)c(OCCF)c(-c3ccc(F)cc3)n2)C(F)(F)F)cn2cc(C3CC3)nc12. The lowest BCUT2D eigenvalue weighted by Crippen LogP contribution is -2.51. The zero-order valence-corrected chi connectivity index (χ0v) is 23.8. The molecular formula is C30H28F5N5O5. The van der Waals surface area contributed by atoms with E-state index in [1.54, 1.807) is 10.6 Å². The number of aromatic nitrogens is 3. The van der Waals surface area contributed by atoms with Crippen molar-refractivity contribution in [2.24, 2.45) is 5.73 Å². The molecule has 15 heteroatoms. The number of aliphatic hydroxyl groups is 1. The van der Waals surface area contributed by atoms with E-state index in [0.29, 0.717) is 5.65 Å². The van der Waals surface area contributed by atoms with Crippen molar-refractivity contribution in [1.82, 2.24) is 19.7 Å². The van der Waals surface area contributed by atoms with E-state index in [4.69, 9.17) is 15.2 Å². The summed E-state index contributed by atoms with van der Waals surface area (Å²) < 4.78 is 82.9. The Morgan fingerprint density at radius 2 is 1.84 bits per heavy atom. The van der Waals surface area contributed by atoms with Crippen LogP contribution in [0, 0.1) is 5.82 Å². The average molecular weight is 634 g/mol. The van der Waals surface area contributed by atoms with Crippen LogP contribution in [-0.4, -0.2) is 64.4 Å². The van der Waals surface area contributed by atoms with E-state index >= 15 is 0 Å². The van der Waals surface area contributed by atoms with Gasteiger partial charge < -0.3 is 30.0 Å². The number of fused-ring (bicyclic) bond motifs is 1. The van der Waals surface area contributed by atoms with E-state index in [2.05, 4.69) is 15.3 Å². The Labute approximate surface area is 253 Å². The normalized spacial score (nSPS) is 14.6. The van der Waals surface area contributed by atoms with Crippen molar-refractivity contribution < 1.29 is 46.1 Å². The second kappa shape index (κ2) is 12.3. The van der Waals surface area contributed by atoms with Crippen molar-refractivity contribution in [3.63, 3.8) is 0 Å². The number of carbonyl (C=O) groups is 2. The number of nitrogens with two attached hydrogens (primary N) is 1. The number of halogens is 5. The van der Waals surface area contributed by atoms with Crippen molar-refractivity contribution in [3.05, 3.63) is 77.1 Å². The Morgan fingerprint density at radius 3 is 2.44 bits per heavy atom. The molecule has 0 aliphatic heterocycles. The molecule has 0 saturated heterocycles. The third-order valence-corrected chi connectivity index (χ3v) is 7.27. The van der Waals surface area contributed by atoms with E-state index in [1.165, 1.54) is 31.5 Å². The number of hydrogen-bond acceptors (Lipinski definition) is 7. The van der Waals surface area contributed by atoms with Crippen LogP contribution in [0.25, 0.3) is 16.9 Å². The zero-order chi connectivity index (χ0) is 32.5. The fraction of sp³-hybridized carbons (Fsp3) is 0.333. The van der Waals surface area contributed by atoms with Gasteiger partial charge in [-0.2, -0.15) is 13.2 Å². The fourth-order valence-corrected chi connectivity index (χ4v) is 4.80. The van der Waals surface area contributed by atoms with Gasteiger partial charge in [-0.1, -0.05) is 0 Å². The summed E-state index contributed by atoms with van der Waals surface area (Å²) >= 11 is 0. The number of nitrogens with zero attached hydrogens (tertiary/aromatic N) is 3. The summed E-state index contributed by atoms with van der Waals surface area (Å²) in [6.45, 7) is -2.94. The van der Waals surface area contributed by atoms with E-state index < -0.39 is 61.3 Å². The number of primary amides is 1. The van der Waals surface area contributed by atoms with Gasteiger partial charge >= 0.3 is 6.18 Å². The van der Waals surface area contributed by atoms with Gasteiger partial charge in [0.05, 0.1) is 37.0 Å². The zero-order valence-electron chi connectivity index (χ0n) is 23.8. The number of ether oxygens (including phenoxy) is 2. The molecule has 0 unspecified atom stereocenters. The third kappa shape index (κ3) is 6.53. The summed E-state index contributed by atoms with van der Waals surface area (Å²) in [6, 6.07) is 6.44. The van der Waals surface area contributed by atoms with Crippen LogP contribution in [0.3, 0.4) is 0 Å². The predicted molar refractivity (Wildman–Crippen MR) is 150 cm³/mol. The van der Waals surface area contributed by atoms with Crippen LogP contribution in [0.2, 0.25) is 0 Å². The number of amides is 2. The lowest BCUT2D eigenvalue weighted by atomic mass is 9.93. The predicted octanol–water partition coefficient (Wildman–Crippen LogP) is 3.98. The Kier molecular flexibility index (Phi) is 8.65. The van der Waals surface area contributed by atoms with Crippen LogP contribution in [0.4, 0.5) is 22.0 Å². The Morgan fingerprint density at radius 1 is 1.13 bits per heavy atom. The smallest absolute Gasteiger partial charge is 0.424 e. The first-order chi connectivity index (χ1) is 21.3. The highest BCUT2D eigenvalue weighted by Crippen LogP contribution is 2.42. The van der Waals surface area contributed by atoms with Gasteiger partial charge in [0, 0.05) is 29.4 Å². The van der Waals surface area contributed by atoms with E-state index in [0.717, 1.165) is 36.7 Å². The maximum Gasteiger partial charge on any atom is 0.424 e. The molecular weight excluding hydrogens is 605 g/mol. The van der Waals surface area contributed by atoms with Crippen LogP contribution >= 0.6 is 0 Å². The highest BCUT2D eigenvalue weighted by atomic mass is 19.4. The van der Waals surface area contributed by atoms with Gasteiger partial charge in [0.2, 0.25) is 11.5 Å². The highest BCUT2D eigenvalue weighted by Gasteiger charge is 2.56. The Hall–Kier alpha value is -4.79. The molecule has 0 spiro atoms. The molecule has 4 N–H and O–H groups in total. The number of rotatable bonds is 12. The first-order valence-electron chi connectivity index (χ1n) is 13.8. The Balaban J connectivity index is 1.55. The van der Waals surface area contributed by atoms with Crippen molar-refractivity contribution >= 4 is 17.5 Å². The molecule has 1 fully saturated rings. The van der Waals surface area contributed by atoms with Crippen molar-refractivity contribution in [2.75, 3.05) is 26.9 Å². The number of nitrogens with one attached hydrogen (secondary N) is 1. The minimum absolute atomic E-state index is 0.0395. The monoisotopic (exact) mass is 633 g/mol. The molecule has 3 aromatic heterocycles. The lowest BCUT2D eigenvalue weighted by Gasteiger charge is -2.31. The Bertz CT molecular complexity index is 1740. The molecule has 1 aliphatic carbocycles. The molecule has 1 aliphatic rings. The van der Waals surface area contributed by atoms with Crippen molar-refractivity contribution in [2.45, 2.75) is 37.0 Å². The molecule has 1 aromatic carbocycles. The molecule has 3 heterocycles. The maximum absolute atomic E-state index is 14.6. The highest BCUT2D eigenvalue weighted by molar-refractivity contribution is 5.95. The van der Waals surface area contributed by atoms with Crippen LogP contribution < -0.4 is 20.5 Å². The van der Waals surface area contributed by atoms with Gasteiger partial charge in [-0.05, 0) is 49.2 Å². The first-order valence-corrected chi connectivity index (χ1v) is 13.8. The fourth-order valence-electron chi connectivity index (χ4n) is 4.80. The van der Waals surface area contributed by atoms with Gasteiger partial charge in [-0.3, -0.25) is 9.59 Å². The van der Waals surface area contributed by atoms with Gasteiger partial charge in [0.1, 0.15) is 30.5 Å². The number of pyridine rings is 2. The summed E-state index contributed by atoms with van der Waals surface area (Å²) in [5.41, 5.74) is 1.12. The minimum Gasteiger partial charge on any atom is -0.493 e. The average Bonchev–Trinajstić information content (AvgIpc) is 3.76. The number of benzene rings is 1. The molecule has 1 saturated carbocycles. The summed E-state index contributed by atoms with van der Waals surface area (Å²) in [5.74, 6) is -2.39. The lowest BCUT2D eigenvalue weighted by molar-refractivity contribution is -0.265. The second-order valence-corrected chi connectivity index (χ2v) is 10.5. The van der Waals surface area contributed by atoms with Crippen LogP contribution in [-0.2, 0) is 16.8 Å². The number of alkyl halides is 4. The second-order valence-electron chi connectivity index (χ2n) is 10.5. The van der Waals surface area contributed by atoms with Crippen LogP contribution in [0.15, 0.2) is 48.8 Å². The number of imidazole rings is 1. The maximum atomic E-state index is 14.6. The molecule has 0 radical (unpaired) electrons. The number of methoxy groups -OCH3 is 1. The quantitative estimate of drug-likeness (QED) is 0.201. The molecule has 0 bridgehead atoms. The van der Waals surface area contributed by atoms with Crippen LogP contribution in [0.1, 0.15) is 46.1 Å². The molecule has 45 heavy (non-hydrogen) atoms. The van der Waals surface area contributed by atoms with E-state index in [-0.39, 0.29) is 39.8 Å². The van der Waals surface area contributed by atoms with Crippen LogP contribution in [0.5, 0.6) is 11.5 Å². The largest absolute Gasteiger partial charge is 0.493 e. The van der Waals surface area contributed by atoms with Gasteiger partial charge in [-0.25, -0.2) is 18.7 Å². The van der Waals surface area contributed by atoms with E-state index in [9.17, 15) is 36.6 Å². The third-order valence-electron chi connectivity index (χ3n) is 7.27. The molecule has 2 amide bonds. The van der Waals surface area contributed by atoms with Gasteiger partial charge in [0.25, 0.3) is 5.91 Å². The summed E-state index contributed by atoms with van der Waals surface area (Å²) in [4.78, 5) is 33.6. The van der Waals surface area contributed by atoms with Gasteiger partial charge in [-0.15, -0.1) is 0 Å².